The van der Waals surface area contributed by atoms with Crippen LogP contribution in [0.1, 0.15) is 11.1 Å². The molecule has 0 unspecified atom stereocenters. The Morgan fingerprint density at radius 2 is 1.50 bits per heavy atom. The molecule has 0 radical (unpaired) electrons. The second-order valence-corrected chi connectivity index (χ2v) is 8.74. The van der Waals surface area contributed by atoms with E-state index in [9.17, 15) is 18.0 Å². The van der Waals surface area contributed by atoms with E-state index < -0.39 is 21.8 Å². The first-order valence-corrected chi connectivity index (χ1v) is 11.0. The Morgan fingerprint density at radius 3 is 2.07 bits per heavy atom. The lowest BCUT2D eigenvalue weighted by molar-refractivity contribution is -0.121. The number of morpholine rings is 1. The van der Waals surface area contributed by atoms with Gasteiger partial charge in [-0.2, -0.15) is 0 Å². The van der Waals surface area contributed by atoms with Crippen molar-refractivity contribution in [3.63, 3.8) is 0 Å². The Morgan fingerprint density at radius 1 is 0.900 bits per heavy atom. The minimum atomic E-state index is -3.88. The number of benzene rings is 2. The van der Waals surface area contributed by atoms with Crippen molar-refractivity contribution in [2.45, 2.75) is 11.8 Å². The first kappa shape index (κ1) is 20.3. The van der Waals surface area contributed by atoms with Gasteiger partial charge in [-0.3, -0.25) is 9.59 Å². The van der Waals surface area contributed by atoms with Crippen molar-refractivity contribution in [3.8, 4) is 0 Å². The number of amides is 2. The summed E-state index contributed by atoms with van der Waals surface area (Å²) in [5.74, 6) is -0.894. The second-order valence-electron chi connectivity index (χ2n) is 7.17. The lowest BCUT2D eigenvalue weighted by Gasteiger charge is -2.29. The van der Waals surface area contributed by atoms with Gasteiger partial charge in [0.15, 0.2) is 0 Å². The van der Waals surface area contributed by atoms with Gasteiger partial charge in [-0.25, -0.2) is 18.5 Å². The Hall–Kier alpha value is -3.01. The molecule has 0 spiro atoms. The van der Waals surface area contributed by atoms with Crippen LogP contribution in [-0.2, 0) is 24.3 Å². The third-order valence-corrected chi connectivity index (χ3v) is 6.08. The summed E-state index contributed by atoms with van der Waals surface area (Å²) in [6.45, 7) is 3.89. The normalized spacial score (nSPS) is 17.8. The van der Waals surface area contributed by atoms with Gasteiger partial charge in [0.05, 0.1) is 29.4 Å². The SMILES string of the molecule is Cc1ccc(C2=C(N3CCOCC3)C(=O)N(c3ccc(S(N)(=O)=O)cc3)C2=O)cc1. The fourth-order valence-electron chi connectivity index (χ4n) is 3.60. The lowest BCUT2D eigenvalue weighted by atomic mass is 10.0. The van der Waals surface area contributed by atoms with Gasteiger partial charge in [0, 0.05) is 13.1 Å². The van der Waals surface area contributed by atoms with Crippen LogP contribution in [0.2, 0.25) is 0 Å². The average Bonchev–Trinajstić information content (AvgIpc) is 2.99. The third-order valence-electron chi connectivity index (χ3n) is 5.15. The minimum absolute atomic E-state index is 0.0922. The molecular formula is C21H21N3O5S. The molecule has 30 heavy (non-hydrogen) atoms. The number of hydrogen-bond donors (Lipinski definition) is 1. The van der Waals surface area contributed by atoms with E-state index in [0.29, 0.717) is 43.1 Å². The molecule has 2 aliphatic rings. The molecule has 0 bridgehead atoms. The number of anilines is 1. The summed E-state index contributed by atoms with van der Waals surface area (Å²) >= 11 is 0. The summed E-state index contributed by atoms with van der Waals surface area (Å²) in [7, 11) is -3.88. The molecule has 0 saturated carbocycles. The number of hydrogen-bond acceptors (Lipinski definition) is 6. The summed E-state index contributed by atoms with van der Waals surface area (Å²) in [5, 5.41) is 5.14. The van der Waals surface area contributed by atoms with Gasteiger partial charge < -0.3 is 9.64 Å². The molecule has 2 amide bonds. The number of carbonyl (C=O) groups excluding carboxylic acids is 2. The number of rotatable bonds is 4. The molecule has 2 N–H and O–H groups in total. The lowest BCUT2D eigenvalue weighted by Crippen LogP contribution is -2.40. The van der Waals surface area contributed by atoms with Crippen LogP contribution < -0.4 is 10.0 Å². The number of primary sulfonamides is 1. The van der Waals surface area contributed by atoms with E-state index in [2.05, 4.69) is 0 Å². The van der Waals surface area contributed by atoms with Gasteiger partial charge in [0.25, 0.3) is 11.8 Å². The number of sulfonamides is 1. The fraction of sp³-hybridized carbons (Fsp3) is 0.238. The van der Waals surface area contributed by atoms with Gasteiger partial charge in [-0.05, 0) is 36.8 Å². The van der Waals surface area contributed by atoms with Crippen molar-refractivity contribution >= 4 is 33.1 Å². The molecule has 1 saturated heterocycles. The summed E-state index contributed by atoms with van der Waals surface area (Å²) < 4.78 is 28.4. The minimum Gasteiger partial charge on any atom is -0.378 e. The Labute approximate surface area is 174 Å². The summed E-state index contributed by atoms with van der Waals surface area (Å²) in [5.41, 5.74) is 2.65. The van der Waals surface area contributed by atoms with Crippen LogP contribution in [0.4, 0.5) is 5.69 Å². The van der Waals surface area contributed by atoms with Crippen LogP contribution in [0, 0.1) is 6.92 Å². The molecule has 9 heteroatoms. The van der Waals surface area contributed by atoms with Crippen LogP contribution in [0.15, 0.2) is 59.1 Å². The molecule has 8 nitrogen and oxygen atoms in total. The summed E-state index contributed by atoms with van der Waals surface area (Å²) in [6.07, 6.45) is 0. The van der Waals surface area contributed by atoms with Crippen LogP contribution in [0.25, 0.3) is 5.57 Å². The molecule has 2 aliphatic heterocycles. The van der Waals surface area contributed by atoms with Crippen LogP contribution >= 0.6 is 0 Å². The second kappa shape index (κ2) is 7.67. The molecule has 4 rings (SSSR count). The highest BCUT2D eigenvalue weighted by Crippen LogP contribution is 2.35. The fourth-order valence-corrected chi connectivity index (χ4v) is 4.11. The first-order valence-electron chi connectivity index (χ1n) is 9.43. The highest BCUT2D eigenvalue weighted by atomic mass is 32.2. The third kappa shape index (κ3) is 3.62. The number of aryl methyl sites for hydroxylation is 1. The van der Waals surface area contributed by atoms with E-state index in [-0.39, 0.29) is 10.6 Å². The quantitative estimate of drug-likeness (QED) is 0.736. The largest absolute Gasteiger partial charge is 0.378 e. The molecule has 156 valence electrons. The van der Waals surface area contributed by atoms with E-state index in [1.165, 1.54) is 24.3 Å². The zero-order valence-electron chi connectivity index (χ0n) is 16.4. The summed E-state index contributed by atoms with van der Waals surface area (Å²) in [4.78, 5) is 29.6. The highest BCUT2D eigenvalue weighted by Gasteiger charge is 2.42. The number of nitrogens with two attached hydrogens (primary N) is 1. The first-order chi connectivity index (χ1) is 14.3. The van der Waals surface area contributed by atoms with Crippen molar-refractivity contribution < 1.29 is 22.7 Å². The monoisotopic (exact) mass is 427 g/mol. The number of nitrogens with zero attached hydrogens (tertiary/aromatic N) is 2. The van der Waals surface area contributed by atoms with E-state index in [1.807, 2.05) is 36.1 Å². The maximum absolute atomic E-state index is 13.4. The van der Waals surface area contributed by atoms with E-state index in [1.54, 1.807) is 0 Å². The van der Waals surface area contributed by atoms with Gasteiger partial charge in [0.1, 0.15) is 5.70 Å². The van der Waals surface area contributed by atoms with Crippen LogP contribution in [0.5, 0.6) is 0 Å². The molecule has 1 fully saturated rings. The van der Waals surface area contributed by atoms with E-state index in [4.69, 9.17) is 9.88 Å². The predicted octanol–water partition coefficient (Wildman–Crippen LogP) is 1.26. The Bertz CT molecular complexity index is 1130. The molecular weight excluding hydrogens is 406 g/mol. The molecule has 2 aromatic carbocycles. The molecule has 2 aromatic rings. The van der Waals surface area contributed by atoms with Gasteiger partial charge in [-0.1, -0.05) is 29.8 Å². The van der Waals surface area contributed by atoms with Gasteiger partial charge in [0.2, 0.25) is 10.0 Å². The van der Waals surface area contributed by atoms with Gasteiger partial charge in [-0.15, -0.1) is 0 Å². The maximum Gasteiger partial charge on any atom is 0.282 e. The molecule has 0 aliphatic carbocycles. The number of imide groups is 1. The van der Waals surface area contributed by atoms with Gasteiger partial charge >= 0.3 is 0 Å². The standard InChI is InChI=1S/C21H21N3O5S/c1-14-2-4-15(5-3-14)18-19(23-10-12-29-13-11-23)21(26)24(20(18)25)16-6-8-17(9-7-16)30(22,27)28/h2-9H,10-13H2,1H3,(H2,22,27,28). The van der Waals surface area contributed by atoms with Crippen molar-refractivity contribution in [3.05, 3.63) is 65.4 Å². The van der Waals surface area contributed by atoms with Crippen molar-refractivity contribution in [1.82, 2.24) is 4.90 Å². The maximum atomic E-state index is 13.4. The number of carbonyl (C=O) groups is 2. The predicted molar refractivity (Wildman–Crippen MR) is 111 cm³/mol. The van der Waals surface area contributed by atoms with Crippen LogP contribution in [-0.4, -0.2) is 51.4 Å². The Kier molecular flexibility index (Phi) is 5.19. The summed E-state index contributed by atoms with van der Waals surface area (Å²) in [6, 6.07) is 12.8. The van der Waals surface area contributed by atoms with E-state index in [0.717, 1.165) is 10.5 Å². The molecule has 0 aromatic heterocycles. The van der Waals surface area contributed by atoms with Crippen molar-refractivity contribution in [2.24, 2.45) is 5.14 Å². The van der Waals surface area contributed by atoms with Crippen molar-refractivity contribution in [2.75, 3.05) is 31.2 Å². The highest BCUT2D eigenvalue weighted by molar-refractivity contribution is 7.89. The topological polar surface area (TPSA) is 110 Å². The van der Waals surface area contributed by atoms with E-state index >= 15 is 0 Å². The van der Waals surface area contributed by atoms with Crippen molar-refractivity contribution in [1.29, 1.82) is 0 Å². The zero-order valence-corrected chi connectivity index (χ0v) is 17.2. The smallest absolute Gasteiger partial charge is 0.282 e. The zero-order chi connectivity index (χ0) is 21.5. The average molecular weight is 427 g/mol. The number of ether oxygens (including phenoxy) is 1. The Balaban J connectivity index is 1.78. The molecule has 2 heterocycles. The molecule has 0 atom stereocenters. The van der Waals surface area contributed by atoms with Crippen LogP contribution in [0.3, 0.4) is 0 Å².